The number of anilines is 1. The second-order valence-electron chi connectivity index (χ2n) is 4.45. The molecule has 6 heteroatoms. The molecule has 0 aliphatic carbocycles. The summed E-state index contributed by atoms with van der Waals surface area (Å²) in [6, 6.07) is 5.31. The Bertz CT molecular complexity index is 475. The molecule has 1 aromatic heterocycles. The van der Waals surface area contributed by atoms with Gasteiger partial charge in [-0.1, -0.05) is 6.07 Å². The normalized spacial score (nSPS) is 17.9. The van der Waals surface area contributed by atoms with E-state index in [2.05, 4.69) is 20.9 Å². The summed E-state index contributed by atoms with van der Waals surface area (Å²) in [6.45, 7) is 3.17. The van der Waals surface area contributed by atoms with Crippen molar-refractivity contribution in [1.29, 1.82) is 0 Å². The zero-order valence-corrected chi connectivity index (χ0v) is 10.9. The van der Waals surface area contributed by atoms with Gasteiger partial charge in [-0.05, 0) is 25.5 Å². The third-order valence-corrected chi connectivity index (χ3v) is 2.93. The Hall–Kier alpha value is -2.11. The number of nitrogens with one attached hydrogen (secondary N) is 3. The first kappa shape index (κ1) is 13.3. The summed E-state index contributed by atoms with van der Waals surface area (Å²) >= 11 is 0. The summed E-state index contributed by atoms with van der Waals surface area (Å²) in [4.78, 5) is 27.2. The Morgan fingerprint density at radius 2 is 2.37 bits per heavy atom. The summed E-state index contributed by atoms with van der Waals surface area (Å²) < 4.78 is 0. The minimum absolute atomic E-state index is 0.0356. The van der Waals surface area contributed by atoms with Gasteiger partial charge in [0, 0.05) is 25.6 Å². The summed E-state index contributed by atoms with van der Waals surface area (Å²) in [5.41, 5.74) is 0.378. The molecule has 1 saturated heterocycles. The fourth-order valence-electron chi connectivity index (χ4n) is 1.98. The van der Waals surface area contributed by atoms with Crippen molar-refractivity contribution in [1.82, 2.24) is 15.6 Å². The molecule has 1 aliphatic rings. The summed E-state index contributed by atoms with van der Waals surface area (Å²) in [7, 11) is 0. The molecule has 0 radical (unpaired) electrons. The number of carbonyl (C=O) groups excluding carboxylic acids is 2. The molecule has 1 unspecified atom stereocenters. The topological polar surface area (TPSA) is 83.1 Å². The standard InChI is InChI=1S/C13H18N4O2/c1-2-14-11-5-3-4-10(17-11)13(19)15-8-9-6-7-12(18)16-9/h3-5,9H,2,6-8H2,1H3,(H,14,17)(H,15,19)(H,16,18). The number of hydrogen-bond donors (Lipinski definition) is 3. The lowest BCUT2D eigenvalue weighted by Crippen LogP contribution is -2.38. The highest BCUT2D eigenvalue weighted by molar-refractivity contribution is 5.92. The molecule has 1 fully saturated rings. The average Bonchev–Trinajstić information content (AvgIpc) is 2.82. The lowest BCUT2D eigenvalue weighted by Gasteiger charge is -2.11. The van der Waals surface area contributed by atoms with Crippen molar-refractivity contribution < 1.29 is 9.59 Å². The van der Waals surface area contributed by atoms with Crippen LogP contribution in [0.1, 0.15) is 30.3 Å². The van der Waals surface area contributed by atoms with E-state index in [0.717, 1.165) is 13.0 Å². The molecule has 0 aromatic carbocycles. The Kier molecular flexibility index (Phi) is 4.33. The number of hydrogen-bond acceptors (Lipinski definition) is 4. The largest absolute Gasteiger partial charge is 0.370 e. The highest BCUT2D eigenvalue weighted by Gasteiger charge is 2.21. The van der Waals surface area contributed by atoms with Crippen LogP contribution in [0.2, 0.25) is 0 Å². The Balaban J connectivity index is 1.88. The lowest BCUT2D eigenvalue weighted by atomic mass is 10.2. The van der Waals surface area contributed by atoms with Crippen molar-refractivity contribution in [2.45, 2.75) is 25.8 Å². The molecule has 6 nitrogen and oxygen atoms in total. The van der Waals surface area contributed by atoms with Crippen LogP contribution in [0.5, 0.6) is 0 Å². The van der Waals surface area contributed by atoms with Crippen molar-refractivity contribution in [3.05, 3.63) is 23.9 Å². The number of pyridine rings is 1. The molecule has 102 valence electrons. The predicted octanol–water partition coefficient (Wildman–Crippen LogP) is 0.522. The van der Waals surface area contributed by atoms with Gasteiger partial charge < -0.3 is 16.0 Å². The van der Waals surface area contributed by atoms with Crippen molar-refractivity contribution in [2.24, 2.45) is 0 Å². The van der Waals surface area contributed by atoms with Gasteiger partial charge in [0.2, 0.25) is 5.91 Å². The number of amides is 2. The minimum Gasteiger partial charge on any atom is -0.370 e. The highest BCUT2D eigenvalue weighted by Crippen LogP contribution is 2.07. The molecule has 1 aliphatic heterocycles. The van der Waals surface area contributed by atoms with Crippen LogP contribution in [0.15, 0.2) is 18.2 Å². The average molecular weight is 262 g/mol. The van der Waals surface area contributed by atoms with Crippen molar-refractivity contribution in [3.8, 4) is 0 Å². The number of nitrogens with zero attached hydrogens (tertiary/aromatic N) is 1. The van der Waals surface area contributed by atoms with Crippen LogP contribution in [0.4, 0.5) is 5.82 Å². The van der Waals surface area contributed by atoms with Gasteiger partial charge in [0.1, 0.15) is 11.5 Å². The molecule has 2 rings (SSSR count). The van der Waals surface area contributed by atoms with Crippen LogP contribution in [-0.2, 0) is 4.79 Å². The molecule has 2 heterocycles. The van der Waals surface area contributed by atoms with E-state index in [1.54, 1.807) is 12.1 Å². The first-order chi connectivity index (χ1) is 9.19. The van der Waals surface area contributed by atoms with Crippen LogP contribution in [-0.4, -0.2) is 35.9 Å². The molecule has 0 saturated carbocycles. The molecular formula is C13H18N4O2. The monoisotopic (exact) mass is 262 g/mol. The van der Waals surface area contributed by atoms with Crippen LogP contribution in [0, 0.1) is 0 Å². The SMILES string of the molecule is CCNc1cccc(C(=O)NCC2CCC(=O)N2)n1. The maximum atomic E-state index is 11.9. The van der Waals surface area contributed by atoms with Crippen LogP contribution < -0.4 is 16.0 Å². The minimum atomic E-state index is -0.221. The van der Waals surface area contributed by atoms with Crippen LogP contribution in [0.25, 0.3) is 0 Å². The fourth-order valence-corrected chi connectivity index (χ4v) is 1.98. The van der Waals surface area contributed by atoms with E-state index in [4.69, 9.17) is 0 Å². The van der Waals surface area contributed by atoms with E-state index in [-0.39, 0.29) is 17.9 Å². The van der Waals surface area contributed by atoms with E-state index < -0.39 is 0 Å². The second-order valence-corrected chi connectivity index (χ2v) is 4.45. The molecule has 1 atom stereocenters. The lowest BCUT2D eigenvalue weighted by molar-refractivity contribution is -0.119. The molecule has 19 heavy (non-hydrogen) atoms. The van der Waals surface area contributed by atoms with Gasteiger partial charge in [0.25, 0.3) is 5.91 Å². The maximum absolute atomic E-state index is 11.9. The van der Waals surface area contributed by atoms with Crippen molar-refractivity contribution in [3.63, 3.8) is 0 Å². The number of rotatable bonds is 5. The quantitative estimate of drug-likeness (QED) is 0.722. The van der Waals surface area contributed by atoms with Gasteiger partial charge in [-0.15, -0.1) is 0 Å². The maximum Gasteiger partial charge on any atom is 0.270 e. The fraction of sp³-hybridized carbons (Fsp3) is 0.462. The predicted molar refractivity (Wildman–Crippen MR) is 71.9 cm³/mol. The highest BCUT2D eigenvalue weighted by atomic mass is 16.2. The van der Waals surface area contributed by atoms with E-state index >= 15 is 0 Å². The van der Waals surface area contributed by atoms with Gasteiger partial charge in [0.15, 0.2) is 0 Å². The van der Waals surface area contributed by atoms with Crippen molar-refractivity contribution in [2.75, 3.05) is 18.4 Å². The summed E-state index contributed by atoms with van der Waals surface area (Å²) in [5.74, 6) is 0.511. The molecule has 0 spiro atoms. The van der Waals surface area contributed by atoms with E-state index in [1.807, 2.05) is 13.0 Å². The Morgan fingerprint density at radius 3 is 3.05 bits per heavy atom. The van der Waals surface area contributed by atoms with Gasteiger partial charge in [-0.25, -0.2) is 4.98 Å². The summed E-state index contributed by atoms with van der Waals surface area (Å²) in [6.07, 6.45) is 1.30. The molecule has 3 N–H and O–H groups in total. The number of carbonyl (C=O) groups is 2. The van der Waals surface area contributed by atoms with Crippen LogP contribution >= 0.6 is 0 Å². The zero-order valence-electron chi connectivity index (χ0n) is 10.9. The molecule has 1 aromatic rings. The van der Waals surface area contributed by atoms with Gasteiger partial charge in [-0.2, -0.15) is 0 Å². The van der Waals surface area contributed by atoms with Gasteiger partial charge in [0.05, 0.1) is 0 Å². The van der Waals surface area contributed by atoms with E-state index in [9.17, 15) is 9.59 Å². The molecule has 0 bridgehead atoms. The Morgan fingerprint density at radius 1 is 1.53 bits per heavy atom. The first-order valence-electron chi connectivity index (χ1n) is 6.47. The van der Waals surface area contributed by atoms with E-state index in [1.165, 1.54) is 0 Å². The van der Waals surface area contributed by atoms with E-state index in [0.29, 0.717) is 24.5 Å². The van der Waals surface area contributed by atoms with Crippen molar-refractivity contribution >= 4 is 17.6 Å². The number of aromatic nitrogens is 1. The third-order valence-electron chi connectivity index (χ3n) is 2.93. The second kappa shape index (κ2) is 6.17. The zero-order chi connectivity index (χ0) is 13.7. The van der Waals surface area contributed by atoms with Gasteiger partial charge in [-0.3, -0.25) is 9.59 Å². The summed E-state index contributed by atoms with van der Waals surface area (Å²) in [5, 5.41) is 8.65. The Labute approximate surface area is 112 Å². The van der Waals surface area contributed by atoms with Gasteiger partial charge >= 0.3 is 0 Å². The molecular weight excluding hydrogens is 244 g/mol. The third kappa shape index (κ3) is 3.67. The smallest absolute Gasteiger partial charge is 0.270 e. The van der Waals surface area contributed by atoms with Crippen LogP contribution in [0.3, 0.4) is 0 Å². The first-order valence-corrected chi connectivity index (χ1v) is 6.47. The molecule has 2 amide bonds.